The van der Waals surface area contributed by atoms with E-state index >= 15 is 0 Å². The maximum Gasteiger partial charge on any atom is 0.332 e. The number of ether oxygens (including phenoxy) is 1. The average molecular weight is 409 g/mol. The minimum absolute atomic E-state index is 0.0147. The summed E-state index contributed by atoms with van der Waals surface area (Å²) in [7, 11) is 2.84. The van der Waals surface area contributed by atoms with E-state index in [1.165, 1.54) is 11.7 Å². The quantitative estimate of drug-likeness (QED) is 0.467. The SMILES string of the molecule is COC(=O)CCn1c(=O)c2c(nc3n([C@@H](C)c4ccccc4)c(C)cn23)n(C)c1=O. The molecule has 3 heterocycles. The van der Waals surface area contributed by atoms with Gasteiger partial charge in [0, 0.05) is 25.5 Å². The molecular formula is C21H23N5O4. The van der Waals surface area contributed by atoms with Crippen LogP contribution in [0.3, 0.4) is 0 Å². The molecule has 0 radical (unpaired) electrons. The van der Waals surface area contributed by atoms with Gasteiger partial charge in [0.1, 0.15) is 0 Å². The van der Waals surface area contributed by atoms with Crippen molar-refractivity contribution in [3.63, 3.8) is 0 Å². The fourth-order valence-electron chi connectivity index (χ4n) is 3.89. The van der Waals surface area contributed by atoms with Gasteiger partial charge in [-0.25, -0.2) is 4.79 Å². The van der Waals surface area contributed by atoms with Gasteiger partial charge in [-0.05, 0) is 19.4 Å². The minimum Gasteiger partial charge on any atom is -0.469 e. The lowest BCUT2D eigenvalue weighted by Gasteiger charge is -2.16. The molecule has 0 spiro atoms. The van der Waals surface area contributed by atoms with Gasteiger partial charge in [-0.1, -0.05) is 30.3 Å². The van der Waals surface area contributed by atoms with E-state index in [4.69, 9.17) is 0 Å². The van der Waals surface area contributed by atoms with Crippen molar-refractivity contribution in [1.29, 1.82) is 0 Å². The van der Waals surface area contributed by atoms with Crippen LogP contribution in [0.15, 0.2) is 46.1 Å². The number of imidazole rings is 2. The van der Waals surface area contributed by atoms with Crippen LogP contribution in [-0.4, -0.2) is 36.2 Å². The first kappa shape index (κ1) is 19.7. The van der Waals surface area contributed by atoms with Gasteiger partial charge in [0.25, 0.3) is 5.56 Å². The summed E-state index contributed by atoms with van der Waals surface area (Å²) in [5.74, 6) is 0.0952. The van der Waals surface area contributed by atoms with Crippen LogP contribution in [0.1, 0.15) is 30.6 Å². The summed E-state index contributed by atoms with van der Waals surface area (Å²) >= 11 is 0. The van der Waals surface area contributed by atoms with E-state index in [1.54, 1.807) is 11.4 Å². The minimum atomic E-state index is -0.517. The lowest BCUT2D eigenvalue weighted by atomic mass is 10.1. The van der Waals surface area contributed by atoms with Gasteiger partial charge in [-0.15, -0.1) is 0 Å². The zero-order chi connectivity index (χ0) is 21.6. The smallest absolute Gasteiger partial charge is 0.332 e. The van der Waals surface area contributed by atoms with Crippen LogP contribution >= 0.6 is 0 Å². The summed E-state index contributed by atoms with van der Waals surface area (Å²) in [5.41, 5.74) is 1.66. The van der Waals surface area contributed by atoms with Crippen LogP contribution in [0.25, 0.3) is 16.9 Å². The van der Waals surface area contributed by atoms with Crippen LogP contribution in [-0.2, 0) is 23.1 Å². The second-order valence-electron chi connectivity index (χ2n) is 7.31. The van der Waals surface area contributed by atoms with E-state index in [-0.39, 0.29) is 19.0 Å². The first-order valence-corrected chi connectivity index (χ1v) is 9.66. The van der Waals surface area contributed by atoms with E-state index in [0.29, 0.717) is 16.9 Å². The Hall–Kier alpha value is -3.62. The third-order valence-corrected chi connectivity index (χ3v) is 5.51. The van der Waals surface area contributed by atoms with Crippen LogP contribution < -0.4 is 11.2 Å². The number of aromatic nitrogens is 5. The lowest BCUT2D eigenvalue weighted by Crippen LogP contribution is -2.39. The highest BCUT2D eigenvalue weighted by Crippen LogP contribution is 2.25. The zero-order valence-corrected chi connectivity index (χ0v) is 17.3. The van der Waals surface area contributed by atoms with E-state index in [1.807, 2.05) is 48.0 Å². The molecule has 0 bridgehead atoms. The Morgan fingerprint density at radius 3 is 2.57 bits per heavy atom. The van der Waals surface area contributed by atoms with E-state index in [9.17, 15) is 14.4 Å². The molecule has 0 N–H and O–H groups in total. The Balaban J connectivity index is 1.95. The third kappa shape index (κ3) is 2.94. The van der Waals surface area contributed by atoms with Crippen molar-refractivity contribution in [2.45, 2.75) is 32.9 Å². The molecule has 4 aromatic rings. The summed E-state index contributed by atoms with van der Waals surface area (Å²) in [6, 6.07) is 9.99. The summed E-state index contributed by atoms with van der Waals surface area (Å²) in [6.07, 6.45) is 1.78. The molecule has 0 saturated heterocycles. The Morgan fingerprint density at radius 2 is 1.90 bits per heavy atom. The molecule has 9 nitrogen and oxygen atoms in total. The number of nitrogens with zero attached hydrogens (tertiary/aromatic N) is 5. The number of aryl methyl sites for hydroxylation is 2. The second-order valence-corrected chi connectivity index (χ2v) is 7.31. The van der Waals surface area contributed by atoms with Crippen molar-refractivity contribution < 1.29 is 9.53 Å². The number of carbonyl (C=O) groups excluding carboxylic acids is 1. The van der Waals surface area contributed by atoms with E-state index in [0.717, 1.165) is 15.8 Å². The highest BCUT2D eigenvalue weighted by atomic mass is 16.5. The maximum atomic E-state index is 13.2. The van der Waals surface area contributed by atoms with Crippen LogP contribution in [0.2, 0.25) is 0 Å². The molecule has 1 atom stereocenters. The fraction of sp³-hybridized carbons (Fsp3) is 0.333. The zero-order valence-electron chi connectivity index (χ0n) is 17.3. The molecule has 30 heavy (non-hydrogen) atoms. The van der Waals surface area contributed by atoms with Crippen molar-refractivity contribution >= 4 is 22.9 Å². The first-order valence-electron chi connectivity index (χ1n) is 9.66. The van der Waals surface area contributed by atoms with Gasteiger partial charge in [0.15, 0.2) is 11.2 Å². The van der Waals surface area contributed by atoms with E-state index < -0.39 is 17.2 Å². The number of methoxy groups -OCH3 is 1. The van der Waals surface area contributed by atoms with Gasteiger partial charge in [-0.3, -0.25) is 23.1 Å². The largest absolute Gasteiger partial charge is 0.469 e. The molecule has 0 unspecified atom stereocenters. The standard InChI is InChI=1S/C21H23N5O4/c1-13-12-25-17-18(22-20(25)26(13)14(2)15-8-6-5-7-9-15)23(3)21(29)24(19(17)28)11-10-16(27)30-4/h5-9,12,14H,10-11H2,1-4H3/t14-/m0/s1. The summed E-state index contributed by atoms with van der Waals surface area (Å²) in [4.78, 5) is 42.0. The Labute approximate surface area is 171 Å². The molecule has 0 aliphatic rings. The molecular weight excluding hydrogens is 386 g/mol. The highest BCUT2D eigenvalue weighted by Gasteiger charge is 2.22. The van der Waals surface area contributed by atoms with Crippen molar-refractivity contribution in [2.24, 2.45) is 7.05 Å². The Bertz CT molecular complexity index is 1370. The molecule has 0 amide bonds. The molecule has 4 rings (SSSR count). The number of rotatable bonds is 5. The molecule has 1 aromatic carbocycles. The van der Waals surface area contributed by atoms with Gasteiger partial charge < -0.3 is 9.30 Å². The highest BCUT2D eigenvalue weighted by molar-refractivity contribution is 5.76. The van der Waals surface area contributed by atoms with Gasteiger partial charge >= 0.3 is 11.7 Å². The number of hydrogen-bond acceptors (Lipinski definition) is 5. The monoisotopic (exact) mass is 409 g/mol. The van der Waals surface area contributed by atoms with Gasteiger partial charge in [0.05, 0.1) is 19.6 Å². The average Bonchev–Trinajstić information content (AvgIpc) is 3.26. The number of hydrogen-bond donors (Lipinski definition) is 0. The molecule has 0 fully saturated rings. The molecule has 0 saturated carbocycles. The Morgan fingerprint density at radius 1 is 1.20 bits per heavy atom. The molecule has 0 aliphatic heterocycles. The van der Waals surface area contributed by atoms with Crippen LogP contribution in [0.5, 0.6) is 0 Å². The van der Waals surface area contributed by atoms with Crippen molar-refractivity contribution in [2.75, 3.05) is 7.11 Å². The predicted octanol–water partition coefficient (Wildman–Crippen LogP) is 1.63. The van der Waals surface area contributed by atoms with Crippen molar-refractivity contribution in [1.82, 2.24) is 23.1 Å². The normalized spacial score (nSPS) is 12.5. The number of carbonyl (C=O) groups is 1. The molecule has 0 aliphatic carbocycles. The van der Waals surface area contributed by atoms with Crippen LogP contribution in [0.4, 0.5) is 0 Å². The van der Waals surface area contributed by atoms with E-state index in [2.05, 4.69) is 16.6 Å². The Kier molecular flexibility index (Phi) is 4.81. The maximum absolute atomic E-state index is 13.2. The van der Waals surface area contributed by atoms with Crippen LogP contribution in [0, 0.1) is 6.92 Å². The second kappa shape index (κ2) is 7.33. The predicted molar refractivity (Wildman–Crippen MR) is 112 cm³/mol. The summed E-state index contributed by atoms with van der Waals surface area (Å²) < 4.78 is 10.8. The topological polar surface area (TPSA) is 92.5 Å². The first-order chi connectivity index (χ1) is 14.3. The van der Waals surface area contributed by atoms with Crippen molar-refractivity contribution in [3.05, 3.63) is 68.6 Å². The lowest BCUT2D eigenvalue weighted by molar-refractivity contribution is -0.140. The molecule has 156 valence electrons. The molecule has 3 aromatic heterocycles. The fourth-order valence-corrected chi connectivity index (χ4v) is 3.89. The number of esters is 1. The van der Waals surface area contributed by atoms with Crippen molar-refractivity contribution in [3.8, 4) is 0 Å². The van der Waals surface area contributed by atoms with Gasteiger partial charge in [-0.2, -0.15) is 4.98 Å². The number of benzene rings is 1. The third-order valence-electron chi connectivity index (χ3n) is 5.51. The number of fused-ring (bicyclic) bond motifs is 3. The summed E-state index contributed by atoms with van der Waals surface area (Å²) in [5, 5.41) is 0. The molecule has 9 heteroatoms. The van der Waals surface area contributed by atoms with Gasteiger partial charge in [0.2, 0.25) is 5.78 Å². The summed E-state index contributed by atoms with van der Waals surface area (Å²) in [6.45, 7) is 3.97.